The Hall–Kier alpha value is -1.71. The van der Waals surface area contributed by atoms with Gasteiger partial charge in [-0.05, 0) is 30.0 Å². The first-order valence-corrected chi connectivity index (χ1v) is 6.78. The highest BCUT2D eigenvalue weighted by Gasteiger charge is 2.40. The summed E-state index contributed by atoms with van der Waals surface area (Å²) in [5.74, 6) is 2.61. The molecular weight excluding hydrogens is 242 g/mol. The Labute approximate surface area is 113 Å². The fourth-order valence-electron chi connectivity index (χ4n) is 2.49. The molecule has 1 aliphatic heterocycles. The maximum absolute atomic E-state index is 12.1. The summed E-state index contributed by atoms with van der Waals surface area (Å²) in [7, 11) is 1.87. The van der Waals surface area contributed by atoms with E-state index in [1.165, 1.54) is 0 Å². The van der Waals surface area contributed by atoms with Crippen LogP contribution in [0, 0.1) is 11.8 Å². The average molecular weight is 261 g/mol. The van der Waals surface area contributed by atoms with E-state index < -0.39 is 0 Å². The SMILES string of the molecule is CC1CC1C(=O)N(C)Cc1ccc2c(c1)OCCO2. The average Bonchev–Trinajstić information content (AvgIpc) is 3.15. The molecule has 0 bridgehead atoms. The van der Waals surface area contributed by atoms with E-state index in [1.54, 1.807) is 4.90 Å². The Bertz CT molecular complexity index is 500. The first-order chi connectivity index (χ1) is 9.15. The molecule has 0 aromatic heterocycles. The number of amides is 1. The van der Waals surface area contributed by atoms with Crippen molar-refractivity contribution in [3.63, 3.8) is 0 Å². The Kier molecular flexibility index (Phi) is 3.09. The van der Waals surface area contributed by atoms with Crippen LogP contribution in [0.3, 0.4) is 0 Å². The van der Waals surface area contributed by atoms with Gasteiger partial charge in [-0.15, -0.1) is 0 Å². The molecule has 0 N–H and O–H groups in total. The molecule has 1 heterocycles. The van der Waals surface area contributed by atoms with Crippen molar-refractivity contribution in [1.82, 2.24) is 4.90 Å². The van der Waals surface area contributed by atoms with Crippen LogP contribution in [0.25, 0.3) is 0 Å². The number of benzene rings is 1. The van der Waals surface area contributed by atoms with E-state index in [-0.39, 0.29) is 11.8 Å². The number of carbonyl (C=O) groups excluding carboxylic acids is 1. The van der Waals surface area contributed by atoms with Gasteiger partial charge in [0, 0.05) is 19.5 Å². The van der Waals surface area contributed by atoms with Gasteiger partial charge in [0.05, 0.1) is 0 Å². The monoisotopic (exact) mass is 261 g/mol. The van der Waals surface area contributed by atoms with E-state index in [0.29, 0.717) is 25.7 Å². The van der Waals surface area contributed by atoms with Gasteiger partial charge in [-0.1, -0.05) is 13.0 Å². The molecule has 1 aliphatic carbocycles. The number of ether oxygens (including phenoxy) is 2. The second-order valence-electron chi connectivity index (χ2n) is 5.49. The number of rotatable bonds is 3. The first kappa shape index (κ1) is 12.3. The summed E-state index contributed by atoms with van der Waals surface area (Å²) in [6, 6.07) is 5.88. The minimum Gasteiger partial charge on any atom is -0.486 e. The van der Waals surface area contributed by atoms with Gasteiger partial charge >= 0.3 is 0 Å². The molecule has 2 unspecified atom stereocenters. The summed E-state index contributed by atoms with van der Waals surface area (Å²) in [5, 5.41) is 0. The van der Waals surface area contributed by atoms with Crippen molar-refractivity contribution < 1.29 is 14.3 Å². The quantitative estimate of drug-likeness (QED) is 0.836. The zero-order valence-corrected chi connectivity index (χ0v) is 11.4. The zero-order valence-electron chi connectivity index (χ0n) is 11.4. The topological polar surface area (TPSA) is 38.8 Å². The molecule has 3 rings (SSSR count). The highest BCUT2D eigenvalue weighted by atomic mass is 16.6. The highest BCUT2D eigenvalue weighted by Crippen LogP contribution is 2.39. The third kappa shape index (κ3) is 2.53. The molecule has 1 aromatic rings. The van der Waals surface area contributed by atoms with E-state index >= 15 is 0 Å². The van der Waals surface area contributed by atoms with Crippen molar-refractivity contribution in [3.8, 4) is 11.5 Å². The van der Waals surface area contributed by atoms with Gasteiger partial charge in [-0.2, -0.15) is 0 Å². The van der Waals surface area contributed by atoms with Crippen molar-refractivity contribution in [2.24, 2.45) is 11.8 Å². The zero-order chi connectivity index (χ0) is 13.4. The molecule has 4 heteroatoms. The first-order valence-electron chi connectivity index (χ1n) is 6.78. The smallest absolute Gasteiger partial charge is 0.226 e. The van der Waals surface area contributed by atoms with Crippen LogP contribution in [-0.4, -0.2) is 31.1 Å². The Morgan fingerprint density at radius 3 is 2.68 bits per heavy atom. The maximum Gasteiger partial charge on any atom is 0.226 e. The normalized spacial score (nSPS) is 23.9. The lowest BCUT2D eigenvalue weighted by Crippen LogP contribution is -2.28. The van der Waals surface area contributed by atoms with Gasteiger partial charge in [0.15, 0.2) is 11.5 Å². The van der Waals surface area contributed by atoms with Crippen LogP contribution >= 0.6 is 0 Å². The van der Waals surface area contributed by atoms with Crippen LogP contribution in [0.2, 0.25) is 0 Å². The van der Waals surface area contributed by atoms with Crippen LogP contribution in [0.4, 0.5) is 0 Å². The van der Waals surface area contributed by atoms with Crippen LogP contribution in [-0.2, 0) is 11.3 Å². The fraction of sp³-hybridized carbons (Fsp3) is 0.533. The summed E-state index contributed by atoms with van der Waals surface area (Å²) in [6.45, 7) is 3.94. The van der Waals surface area contributed by atoms with Crippen LogP contribution in [0.5, 0.6) is 11.5 Å². The van der Waals surface area contributed by atoms with E-state index in [1.807, 2.05) is 25.2 Å². The number of nitrogens with zero attached hydrogens (tertiary/aromatic N) is 1. The minimum absolute atomic E-state index is 0.238. The second-order valence-corrected chi connectivity index (χ2v) is 5.49. The van der Waals surface area contributed by atoms with Crippen molar-refractivity contribution in [3.05, 3.63) is 23.8 Å². The Morgan fingerprint density at radius 2 is 2.00 bits per heavy atom. The Balaban J connectivity index is 1.67. The second kappa shape index (κ2) is 4.76. The van der Waals surface area contributed by atoms with Crippen LogP contribution in [0.1, 0.15) is 18.9 Å². The standard InChI is InChI=1S/C15H19NO3/c1-10-7-12(10)15(17)16(2)9-11-3-4-13-14(8-11)19-6-5-18-13/h3-4,8,10,12H,5-7,9H2,1-2H3. The lowest BCUT2D eigenvalue weighted by Gasteiger charge is -2.21. The molecule has 4 nitrogen and oxygen atoms in total. The van der Waals surface area contributed by atoms with Crippen molar-refractivity contribution >= 4 is 5.91 Å². The molecule has 1 amide bonds. The molecule has 0 spiro atoms. The molecule has 2 atom stereocenters. The molecule has 0 saturated heterocycles. The van der Waals surface area contributed by atoms with E-state index in [2.05, 4.69) is 6.92 Å². The fourth-order valence-corrected chi connectivity index (χ4v) is 2.49. The van der Waals surface area contributed by atoms with Gasteiger partial charge < -0.3 is 14.4 Å². The third-order valence-electron chi connectivity index (χ3n) is 3.83. The van der Waals surface area contributed by atoms with Crippen LogP contribution < -0.4 is 9.47 Å². The summed E-state index contributed by atoms with van der Waals surface area (Å²) in [4.78, 5) is 13.9. The number of hydrogen-bond acceptors (Lipinski definition) is 3. The number of hydrogen-bond donors (Lipinski definition) is 0. The lowest BCUT2D eigenvalue weighted by atomic mass is 10.1. The van der Waals surface area contributed by atoms with Gasteiger partial charge in [0.25, 0.3) is 0 Å². The van der Waals surface area contributed by atoms with Gasteiger partial charge in [-0.25, -0.2) is 0 Å². The molecule has 2 aliphatic rings. The summed E-state index contributed by atoms with van der Waals surface area (Å²) in [5.41, 5.74) is 1.08. The molecule has 0 radical (unpaired) electrons. The van der Waals surface area contributed by atoms with Crippen LogP contribution in [0.15, 0.2) is 18.2 Å². The minimum atomic E-state index is 0.238. The molecule has 19 heavy (non-hydrogen) atoms. The predicted octanol–water partition coefficient (Wildman–Crippen LogP) is 2.07. The molecule has 1 aromatic carbocycles. The third-order valence-corrected chi connectivity index (χ3v) is 3.83. The number of fused-ring (bicyclic) bond motifs is 1. The molecule has 1 saturated carbocycles. The van der Waals surface area contributed by atoms with Gasteiger partial charge in [0.1, 0.15) is 13.2 Å². The van der Waals surface area contributed by atoms with E-state index in [0.717, 1.165) is 23.5 Å². The maximum atomic E-state index is 12.1. The van der Waals surface area contributed by atoms with Crippen molar-refractivity contribution in [1.29, 1.82) is 0 Å². The highest BCUT2D eigenvalue weighted by molar-refractivity contribution is 5.81. The summed E-state index contributed by atoms with van der Waals surface area (Å²) >= 11 is 0. The molecular formula is C15H19NO3. The van der Waals surface area contributed by atoms with Gasteiger partial charge in [-0.3, -0.25) is 4.79 Å². The Morgan fingerprint density at radius 1 is 1.32 bits per heavy atom. The summed E-state index contributed by atoms with van der Waals surface area (Å²) in [6.07, 6.45) is 1.03. The van der Waals surface area contributed by atoms with Crippen molar-refractivity contribution in [2.45, 2.75) is 19.9 Å². The van der Waals surface area contributed by atoms with E-state index in [4.69, 9.17) is 9.47 Å². The van der Waals surface area contributed by atoms with Crippen molar-refractivity contribution in [2.75, 3.05) is 20.3 Å². The summed E-state index contributed by atoms with van der Waals surface area (Å²) < 4.78 is 11.0. The molecule has 1 fully saturated rings. The van der Waals surface area contributed by atoms with E-state index in [9.17, 15) is 4.79 Å². The largest absolute Gasteiger partial charge is 0.486 e. The molecule has 102 valence electrons. The lowest BCUT2D eigenvalue weighted by molar-refractivity contribution is -0.132. The predicted molar refractivity (Wildman–Crippen MR) is 71.2 cm³/mol. The van der Waals surface area contributed by atoms with Gasteiger partial charge in [0.2, 0.25) is 5.91 Å². The number of carbonyl (C=O) groups is 1.